The second-order valence-electron chi connectivity index (χ2n) is 20.1. The molecule has 6 unspecified atom stereocenters. The lowest BCUT2D eigenvalue weighted by atomic mass is 9.94. The van der Waals surface area contributed by atoms with E-state index in [1.54, 1.807) is 0 Å². The number of aliphatic hydroxyl groups is 21. The van der Waals surface area contributed by atoms with Gasteiger partial charge in [-0.3, -0.25) is 0 Å². The van der Waals surface area contributed by atoms with Gasteiger partial charge in [0.2, 0.25) is 0 Å². The van der Waals surface area contributed by atoms with Crippen LogP contribution in [0.1, 0.15) is 6.92 Å². The zero-order chi connectivity index (χ0) is 58.1. The van der Waals surface area contributed by atoms with E-state index < -0.39 is 261 Å². The molecule has 7 rings (SSSR count). The van der Waals surface area contributed by atoms with Gasteiger partial charge in [-0.2, -0.15) is 0 Å². The smallest absolute Gasteiger partial charge is 0.187 e. The third-order valence-corrected chi connectivity index (χ3v) is 15.0. The Morgan fingerprint density at radius 3 is 0.595 bits per heavy atom. The van der Waals surface area contributed by atoms with Gasteiger partial charge in [0.25, 0.3) is 0 Å². The van der Waals surface area contributed by atoms with Crippen LogP contribution in [0.15, 0.2) is 0 Å². The maximum Gasteiger partial charge on any atom is 0.187 e. The van der Waals surface area contributed by atoms with Crippen LogP contribution in [0.4, 0.5) is 0 Å². The molecule has 0 aromatic heterocycles. The molecular formula is C44H76O35. The Bertz CT molecular complexity index is 1820. The molecule has 35 heteroatoms. The normalized spacial score (nSPS) is 53.0. The summed E-state index contributed by atoms with van der Waals surface area (Å²) in [5.41, 5.74) is 0. The molecule has 0 bridgehead atoms. The van der Waals surface area contributed by atoms with Crippen LogP contribution in [-0.2, 0) is 66.3 Å². The van der Waals surface area contributed by atoms with E-state index in [1.807, 2.05) is 0 Å². The molecule has 21 N–H and O–H groups in total. The Kier molecular flexibility index (Phi) is 23.3. The van der Waals surface area contributed by atoms with Gasteiger partial charge in [-0.1, -0.05) is 0 Å². The summed E-state index contributed by atoms with van der Waals surface area (Å²) in [6.07, 6.45) is -63.2. The highest BCUT2D eigenvalue weighted by Crippen LogP contribution is 2.38. The summed E-state index contributed by atoms with van der Waals surface area (Å²) in [5.74, 6) is 0. The fraction of sp³-hybridized carbons (Fsp3) is 1.00. The fourth-order valence-electron chi connectivity index (χ4n) is 10.5. The number of hydrogen-bond donors (Lipinski definition) is 21. The molecule has 0 spiro atoms. The molecule has 0 radical (unpaired) electrons. The molecule has 35 atom stereocenters. The molecule has 7 aliphatic heterocycles. The monoisotopic (exact) mass is 1160 g/mol. The van der Waals surface area contributed by atoms with Gasteiger partial charge in [-0.15, -0.1) is 0 Å². The van der Waals surface area contributed by atoms with Crippen molar-refractivity contribution in [2.75, 3.05) is 53.4 Å². The van der Waals surface area contributed by atoms with Crippen molar-refractivity contribution in [2.45, 2.75) is 222 Å². The summed E-state index contributed by atoms with van der Waals surface area (Å²) in [4.78, 5) is 0. The van der Waals surface area contributed by atoms with Crippen molar-refractivity contribution in [3.63, 3.8) is 0 Å². The lowest BCUT2D eigenvalue weighted by Gasteiger charge is -2.50. The van der Waals surface area contributed by atoms with Crippen molar-refractivity contribution in [2.24, 2.45) is 0 Å². The molecule has 7 aliphatic rings. The Hall–Kier alpha value is -1.40. The third kappa shape index (κ3) is 13.4. The summed E-state index contributed by atoms with van der Waals surface area (Å²) >= 11 is 0. The van der Waals surface area contributed by atoms with Crippen molar-refractivity contribution in [1.29, 1.82) is 0 Å². The Labute approximate surface area is 448 Å². The van der Waals surface area contributed by atoms with Gasteiger partial charge in [0, 0.05) is 7.11 Å². The highest BCUT2D eigenvalue weighted by Gasteiger charge is 2.58. The zero-order valence-electron chi connectivity index (χ0n) is 42.3. The molecule has 0 amide bonds. The van der Waals surface area contributed by atoms with Crippen molar-refractivity contribution in [1.82, 2.24) is 0 Å². The van der Waals surface area contributed by atoms with E-state index in [0.717, 1.165) is 0 Å². The number of rotatable bonds is 20. The van der Waals surface area contributed by atoms with E-state index in [4.69, 9.17) is 66.3 Å². The van der Waals surface area contributed by atoms with E-state index in [0.29, 0.717) is 0 Å². The Morgan fingerprint density at radius 2 is 0.405 bits per heavy atom. The van der Waals surface area contributed by atoms with Gasteiger partial charge >= 0.3 is 0 Å². The molecule has 79 heavy (non-hydrogen) atoms. The van der Waals surface area contributed by atoms with E-state index in [2.05, 4.69) is 0 Å². The first kappa shape index (κ1) is 65.1. The Balaban J connectivity index is 0.946. The topological polar surface area (TPSA) is 554 Å². The molecular weight excluding hydrogens is 1090 g/mol. The molecule has 7 saturated heterocycles. The second kappa shape index (κ2) is 28.2. The standard InChI is InChI=1S/C44H76O35/c1-10-18(52)19(53)33(12(4-46)67-10)74-40-27(61)21(55)35(14(6-48)69-40)76-42-29(63)23(57)37(16(8-50)71-42)78-44-31(65)25(59)38(17(9-51)73-44)79-43-30(64)24(58)36(15(7-49)72-43)77-41-28(62)22(56)34(13(5-47)70-41)75-39-26(60)20(54)32(66-2)11(3-45)68-39/h10-65H,3-9H2,1-2H3/t10-,11-,12-,13-,14-,15-,16-,17-,18+,19-,20-,21-,22-,23-,24-,25-,26-,27-,28-,29-,30-,31-,32-,33-,34-,35-,36-,37-,38-,39?,40?,41?,42?,43?,44?/m1/s1. The van der Waals surface area contributed by atoms with Gasteiger partial charge < -0.3 is 174 Å². The van der Waals surface area contributed by atoms with Crippen LogP contribution in [0.2, 0.25) is 0 Å². The largest absolute Gasteiger partial charge is 0.394 e. The second-order valence-corrected chi connectivity index (χ2v) is 20.1. The van der Waals surface area contributed by atoms with Gasteiger partial charge in [-0.05, 0) is 6.92 Å². The Morgan fingerprint density at radius 1 is 0.241 bits per heavy atom. The third-order valence-electron chi connectivity index (χ3n) is 15.0. The SMILES string of the molecule is CO[C@H]1[C@H](O)[C@@H](O)C(O[C@H]2[C@H](O)[C@@H](O)C(O[C@H]3[C@H](O)[C@@H](O)C(O[C@H]4[C@H](O)[C@@H](O)C(O[C@H]5[C@H](O)[C@@H](O)C(O[C@H]6[C@H](O)[C@@H](O)C(O[C@H]7[C@H](O)[C@@H](O)[C@@H](C)O[C@@H]7CO)O[C@@H]6CO)O[C@@H]5CO)O[C@@H]4CO)O[C@@H]3CO)O[C@@H]2CO)O[C@@H]1CO. The van der Waals surface area contributed by atoms with Crippen molar-refractivity contribution in [3.05, 3.63) is 0 Å². The van der Waals surface area contributed by atoms with Gasteiger partial charge in [0.15, 0.2) is 37.7 Å². The van der Waals surface area contributed by atoms with E-state index >= 15 is 0 Å². The summed E-state index contributed by atoms with van der Waals surface area (Å²) in [5, 5.41) is 225. The first-order valence-corrected chi connectivity index (χ1v) is 25.4. The molecule has 7 fully saturated rings. The van der Waals surface area contributed by atoms with E-state index in [-0.39, 0.29) is 0 Å². The number of aliphatic hydroxyl groups excluding tert-OH is 21. The molecule has 7 heterocycles. The summed E-state index contributed by atoms with van der Waals surface area (Å²) in [6.45, 7) is -5.01. The maximum absolute atomic E-state index is 11.3. The predicted molar refractivity (Wildman–Crippen MR) is 240 cm³/mol. The molecule has 0 aromatic rings. The van der Waals surface area contributed by atoms with Crippen LogP contribution in [0.25, 0.3) is 0 Å². The van der Waals surface area contributed by atoms with Crippen LogP contribution in [0.3, 0.4) is 0 Å². The van der Waals surface area contributed by atoms with Crippen LogP contribution in [-0.4, -0.2) is 375 Å². The first-order chi connectivity index (χ1) is 37.5. The van der Waals surface area contributed by atoms with Crippen LogP contribution in [0.5, 0.6) is 0 Å². The minimum atomic E-state index is -2.21. The number of methoxy groups -OCH3 is 1. The molecule has 462 valence electrons. The average Bonchev–Trinajstić information content (AvgIpc) is 3.50. The van der Waals surface area contributed by atoms with Gasteiger partial charge in [0.05, 0.1) is 52.4 Å². The minimum Gasteiger partial charge on any atom is -0.394 e. The molecule has 0 aromatic carbocycles. The van der Waals surface area contributed by atoms with E-state index in [9.17, 15) is 107 Å². The van der Waals surface area contributed by atoms with Crippen LogP contribution in [0, 0.1) is 0 Å². The van der Waals surface area contributed by atoms with Crippen LogP contribution < -0.4 is 0 Å². The molecule has 0 saturated carbocycles. The van der Waals surface area contributed by atoms with Crippen molar-refractivity contribution >= 4 is 0 Å². The maximum atomic E-state index is 11.3. The summed E-state index contributed by atoms with van der Waals surface area (Å²) in [7, 11) is 1.18. The first-order valence-electron chi connectivity index (χ1n) is 25.4. The minimum absolute atomic E-state index is 0.704. The molecule has 35 nitrogen and oxygen atoms in total. The zero-order valence-corrected chi connectivity index (χ0v) is 42.3. The number of hydrogen-bond acceptors (Lipinski definition) is 35. The van der Waals surface area contributed by atoms with Gasteiger partial charge in [-0.25, -0.2) is 0 Å². The summed E-state index contributed by atoms with van der Waals surface area (Å²) < 4.78 is 78.2. The fourth-order valence-corrected chi connectivity index (χ4v) is 10.5. The summed E-state index contributed by atoms with van der Waals surface area (Å²) in [6, 6.07) is 0. The average molecular weight is 1170 g/mol. The van der Waals surface area contributed by atoms with Crippen molar-refractivity contribution < 1.29 is 174 Å². The van der Waals surface area contributed by atoms with Crippen molar-refractivity contribution in [3.8, 4) is 0 Å². The predicted octanol–water partition coefficient (Wildman–Crippen LogP) is -14.6. The lowest BCUT2D eigenvalue weighted by Crippen LogP contribution is -2.68. The number of ether oxygens (including phenoxy) is 14. The van der Waals surface area contributed by atoms with E-state index in [1.165, 1.54) is 14.0 Å². The van der Waals surface area contributed by atoms with Crippen LogP contribution >= 0.6 is 0 Å². The highest BCUT2D eigenvalue weighted by molar-refractivity contribution is 5.01. The quantitative estimate of drug-likeness (QED) is 0.0538. The lowest BCUT2D eigenvalue weighted by molar-refractivity contribution is -0.397. The van der Waals surface area contributed by atoms with Gasteiger partial charge in [0.1, 0.15) is 171 Å². The molecule has 0 aliphatic carbocycles. The highest BCUT2D eigenvalue weighted by atomic mass is 16.8.